The highest BCUT2D eigenvalue weighted by Crippen LogP contribution is 2.37. The van der Waals surface area contributed by atoms with Gasteiger partial charge in [0, 0.05) is 38.3 Å². The summed E-state index contributed by atoms with van der Waals surface area (Å²) in [6, 6.07) is 37.9. The maximum Gasteiger partial charge on any atom is 0.161 e. The standard InChI is InChI=1S/C30H19N3/c1-2-9-19(10-3-1)29-22-13-6-7-15-25(22)32-30(33-29)23-14-8-16-26-28(23)24-17-20-11-4-5-12-21(20)18-27(24)31-26/h1-18,31H. The second-order valence-electron chi connectivity index (χ2n) is 8.38. The number of H-pyrrole nitrogens is 1. The summed E-state index contributed by atoms with van der Waals surface area (Å²) in [5, 5.41) is 5.87. The first-order valence-corrected chi connectivity index (χ1v) is 11.1. The number of rotatable bonds is 2. The number of hydrogen-bond acceptors (Lipinski definition) is 2. The number of nitrogens with zero attached hydrogens (tertiary/aromatic N) is 2. The molecule has 0 fully saturated rings. The Balaban J connectivity index is 1.57. The average Bonchev–Trinajstić information content (AvgIpc) is 3.24. The van der Waals surface area contributed by atoms with Gasteiger partial charge in [-0.15, -0.1) is 0 Å². The fourth-order valence-corrected chi connectivity index (χ4v) is 4.84. The summed E-state index contributed by atoms with van der Waals surface area (Å²) >= 11 is 0. The number of aromatic nitrogens is 3. The van der Waals surface area contributed by atoms with E-state index in [0.29, 0.717) is 0 Å². The lowest BCUT2D eigenvalue weighted by molar-refractivity contribution is 1.23. The molecule has 0 unspecified atom stereocenters. The average molecular weight is 422 g/mol. The van der Waals surface area contributed by atoms with Gasteiger partial charge in [0.15, 0.2) is 5.82 Å². The highest BCUT2D eigenvalue weighted by molar-refractivity contribution is 6.17. The van der Waals surface area contributed by atoms with Gasteiger partial charge in [-0.25, -0.2) is 9.97 Å². The molecule has 3 heteroatoms. The molecule has 0 radical (unpaired) electrons. The Hall–Kier alpha value is -4.50. The lowest BCUT2D eigenvalue weighted by Crippen LogP contribution is -1.95. The fraction of sp³-hybridized carbons (Fsp3) is 0. The first kappa shape index (κ1) is 18.1. The number of aromatic amines is 1. The van der Waals surface area contributed by atoms with Crippen molar-refractivity contribution in [3.8, 4) is 22.6 Å². The molecule has 5 aromatic carbocycles. The van der Waals surface area contributed by atoms with Gasteiger partial charge in [-0.05, 0) is 35.0 Å². The maximum absolute atomic E-state index is 5.12. The van der Waals surface area contributed by atoms with Crippen LogP contribution in [0.2, 0.25) is 0 Å². The monoisotopic (exact) mass is 421 g/mol. The second kappa shape index (κ2) is 7.01. The summed E-state index contributed by atoms with van der Waals surface area (Å²) in [6.07, 6.45) is 0. The van der Waals surface area contributed by atoms with Gasteiger partial charge in [0.05, 0.1) is 11.2 Å². The molecule has 0 saturated carbocycles. The summed E-state index contributed by atoms with van der Waals surface area (Å²) in [6.45, 7) is 0. The maximum atomic E-state index is 5.12. The number of fused-ring (bicyclic) bond motifs is 5. The zero-order valence-electron chi connectivity index (χ0n) is 17.8. The minimum atomic E-state index is 0.743. The molecule has 33 heavy (non-hydrogen) atoms. The summed E-state index contributed by atoms with van der Waals surface area (Å²) in [7, 11) is 0. The van der Waals surface area contributed by atoms with Crippen LogP contribution in [0, 0.1) is 0 Å². The minimum absolute atomic E-state index is 0.743. The van der Waals surface area contributed by atoms with Crippen molar-refractivity contribution >= 4 is 43.5 Å². The predicted molar refractivity (Wildman–Crippen MR) is 137 cm³/mol. The number of benzene rings is 5. The molecule has 0 aliphatic carbocycles. The summed E-state index contributed by atoms with van der Waals surface area (Å²) in [5.74, 6) is 0.743. The van der Waals surface area contributed by atoms with Crippen LogP contribution in [0.25, 0.3) is 66.1 Å². The topological polar surface area (TPSA) is 41.6 Å². The largest absolute Gasteiger partial charge is 0.354 e. The van der Waals surface area contributed by atoms with Crippen LogP contribution in [0.5, 0.6) is 0 Å². The first-order valence-electron chi connectivity index (χ1n) is 11.1. The van der Waals surface area contributed by atoms with Crippen LogP contribution in [0.4, 0.5) is 0 Å². The molecule has 2 heterocycles. The highest BCUT2D eigenvalue weighted by Gasteiger charge is 2.16. The normalized spacial score (nSPS) is 11.6. The molecule has 1 N–H and O–H groups in total. The lowest BCUT2D eigenvalue weighted by atomic mass is 10.0. The fourth-order valence-electron chi connectivity index (χ4n) is 4.84. The molecule has 7 aromatic rings. The molecule has 0 bridgehead atoms. The molecular weight excluding hydrogens is 402 g/mol. The van der Waals surface area contributed by atoms with Crippen LogP contribution < -0.4 is 0 Å². The molecular formula is C30H19N3. The smallest absolute Gasteiger partial charge is 0.161 e. The first-order chi connectivity index (χ1) is 16.3. The third-order valence-corrected chi connectivity index (χ3v) is 6.38. The Bertz CT molecular complexity index is 1810. The zero-order valence-corrected chi connectivity index (χ0v) is 17.8. The summed E-state index contributed by atoms with van der Waals surface area (Å²) < 4.78 is 0. The van der Waals surface area contributed by atoms with Gasteiger partial charge in [0.25, 0.3) is 0 Å². The predicted octanol–water partition coefficient (Wildman–Crippen LogP) is 7.75. The minimum Gasteiger partial charge on any atom is -0.354 e. The molecule has 7 rings (SSSR count). The van der Waals surface area contributed by atoms with Crippen molar-refractivity contribution in [3.05, 3.63) is 109 Å². The summed E-state index contributed by atoms with van der Waals surface area (Å²) in [4.78, 5) is 13.7. The van der Waals surface area contributed by atoms with Crippen LogP contribution in [0.15, 0.2) is 109 Å². The van der Waals surface area contributed by atoms with E-state index in [1.165, 1.54) is 16.2 Å². The molecule has 0 atom stereocenters. The van der Waals surface area contributed by atoms with E-state index in [9.17, 15) is 0 Å². The Morgan fingerprint density at radius 3 is 2.18 bits per heavy atom. The van der Waals surface area contributed by atoms with E-state index in [1.807, 2.05) is 18.2 Å². The van der Waals surface area contributed by atoms with Crippen LogP contribution >= 0.6 is 0 Å². The van der Waals surface area contributed by atoms with Crippen LogP contribution in [-0.4, -0.2) is 15.0 Å². The zero-order chi connectivity index (χ0) is 21.8. The van der Waals surface area contributed by atoms with Gasteiger partial charge in [0.1, 0.15) is 0 Å². The van der Waals surface area contributed by atoms with Gasteiger partial charge < -0.3 is 4.98 Å². The van der Waals surface area contributed by atoms with E-state index in [1.54, 1.807) is 0 Å². The number of nitrogens with one attached hydrogen (secondary N) is 1. The SMILES string of the molecule is c1ccc(-c2nc(-c3cccc4[nH]c5cc6ccccc6cc5c34)nc3ccccc23)cc1. The molecule has 0 aliphatic heterocycles. The Morgan fingerprint density at radius 2 is 1.30 bits per heavy atom. The molecule has 0 aliphatic rings. The van der Waals surface area contributed by atoms with Gasteiger partial charge in [-0.1, -0.05) is 84.9 Å². The van der Waals surface area contributed by atoms with Crippen molar-refractivity contribution in [2.75, 3.05) is 0 Å². The third kappa shape index (κ3) is 2.83. The number of para-hydroxylation sites is 1. The molecule has 0 spiro atoms. The van der Waals surface area contributed by atoms with Crippen molar-refractivity contribution in [1.29, 1.82) is 0 Å². The molecule has 154 valence electrons. The van der Waals surface area contributed by atoms with E-state index in [4.69, 9.17) is 9.97 Å². The van der Waals surface area contributed by atoms with Crippen molar-refractivity contribution < 1.29 is 0 Å². The van der Waals surface area contributed by atoms with E-state index in [0.717, 1.165) is 50.0 Å². The second-order valence-corrected chi connectivity index (χ2v) is 8.38. The molecule has 2 aromatic heterocycles. The summed E-state index contributed by atoms with van der Waals surface area (Å²) in [5.41, 5.74) is 6.25. The Kier molecular flexibility index (Phi) is 3.84. The lowest BCUT2D eigenvalue weighted by Gasteiger charge is -2.10. The van der Waals surface area contributed by atoms with Crippen molar-refractivity contribution in [1.82, 2.24) is 15.0 Å². The Labute approximate surface area is 190 Å². The van der Waals surface area contributed by atoms with Crippen molar-refractivity contribution in [2.24, 2.45) is 0 Å². The van der Waals surface area contributed by atoms with E-state index >= 15 is 0 Å². The van der Waals surface area contributed by atoms with Gasteiger partial charge in [0.2, 0.25) is 0 Å². The van der Waals surface area contributed by atoms with Gasteiger partial charge in [-0.3, -0.25) is 0 Å². The third-order valence-electron chi connectivity index (χ3n) is 6.38. The number of hydrogen-bond donors (Lipinski definition) is 1. The van der Waals surface area contributed by atoms with E-state index in [2.05, 4.69) is 96.0 Å². The molecule has 0 amide bonds. The van der Waals surface area contributed by atoms with E-state index in [-0.39, 0.29) is 0 Å². The van der Waals surface area contributed by atoms with Gasteiger partial charge >= 0.3 is 0 Å². The van der Waals surface area contributed by atoms with Crippen LogP contribution in [0.1, 0.15) is 0 Å². The van der Waals surface area contributed by atoms with Crippen LogP contribution in [0.3, 0.4) is 0 Å². The van der Waals surface area contributed by atoms with Crippen molar-refractivity contribution in [3.63, 3.8) is 0 Å². The Morgan fingerprint density at radius 1 is 0.545 bits per heavy atom. The molecule has 3 nitrogen and oxygen atoms in total. The quantitative estimate of drug-likeness (QED) is 0.310. The molecule has 0 saturated heterocycles. The van der Waals surface area contributed by atoms with Gasteiger partial charge in [-0.2, -0.15) is 0 Å². The van der Waals surface area contributed by atoms with Crippen LogP contribution in [-0.2, 0) is 0 Å². The van der Waals surface area contributed by atoms with Crippen molar-refractivity contribution in [2.45, 2.75) is 0 Å². The van der Waals surface area contributed by atoms with E-state index < -0.39 is 0 Å². The highest BCUT2D eigenvalue weighted by atomic mass is 14.9.